The summed E-state index contributed by atoms with van der Waals surface area (Å²) in [5, 5.41) is 3.10. The summed E-state index contributed by atoms with van der Waals surface area (Å²) in [7, 11) is 0. The lowest BCUT2D eigenvalue weighted by Crippen LogP contribution is -2.38. The average Bonchev–Trinajstić information content (AvgIpc) is 3.18. The largest absolute Gasteiger partial charge is 0.454 e. The van der Waals surface area contributed by atoms with Crippen LogP contribution in [0.1, 0.15) is 12.0 Å². The third kappa shape index (κ3) is 2.94. The van der Waals surface area contributed by atoms with Crippen molar-refractivity contribution in [2.45, 2.75) is 19.0 Å². The molecule has 128 valence electrons. The van der Waals surface area contributed by atoms with Crippen molar-refractivity contribution >= 4 is 17.5 Å². The third-order valence-corrected chi connectivity index (χ3v) is 4.22. The van der Waals surface area contributed by atoms with Crippen molar-refractivity contribution in [3.63, 3.8) is 0 Å². The van der Waals surface area contributed by atoms with Gasteiger partial charge in [0, 0.05) is 6.54 Å². The van der Waals surface area contributed by atoms with Crippen LogP contribution in [0.2, 0.25) is 0 Å². The summed E-state index contributed by atoms with van der Waals surface area (Å²) in [4.78, 5) is 25.8. The van der Waals surface area contributed by atoms with E-state index in [1.165, 1.54) is 24.3 Å². The molecule has 0 saturated carbocycles. The lowest BCUT2D eigenvalue weighted by atomic mass is 10.1. The third-order valence-electron chi connectivity index (χ3n) is 4.22. The van der Waals surface area contributed by atoms with Crippen molar-refractivity contribution in [2.24, 2.45) is 0 Å². The first-order chi connectivity index (χ1) is 12.1. The van der Waals surface area contributed by atoms with E-state index in [0.717, 1.165) is 10.5 Å². The van der Waals surface area contributed by atoms with E-state index in [9.17, 15) is 14.0 Å². The summed E-state index contributed by atoms with van der Waals surface area (Å²) in [5.41, 5.74) is 1.30. The van der Waals surface area contributed by atoms with Crippen LogP contribution >= 0.6 is 0 Å². The standard InChI is InChI=1S/C18H15FN2O4/c19-12-2-4-13(5-3-12)21-17(22)8-14(18(21)23)20-9-11-1-6-15-16(7-11)25-10-24-15/h1-7,14,20H,8-10H2/t14-/m0/s1. The summed E-state index contributed by atoms with van der Waals surface area (Å²) < 4.78 is 23.6. The quantitative estimate of drug-likeness (QED) is 0.861. The van der Waals surface area contributed by atoms with Gasteiger partial charge >= 0.3 is 0 Å². The second kappa shape index (κ2) is 6.18. The molecule has 1 atom stereocenters. The number of halogens is 1. The van der Waals surface area contributed by atoms with E-state index in [2.05, 4.69) is 5.32 Å². The van der Waals surface area contributed by atoms with E-state index >= 15 is 0 Å². The van der Waals surface area contributed by atoms with Crippen LogP contribution in [-0.4, -0.2) is 24.6 Å². The fourth-order valence-corrected chi connectivity index (χ4v) is 2.94. The van der Waals surface area contributed by atoms with Gasteiger partial charge in [-0.2, -0.15) is 0 Å². The Bertz CT molecular complexity index is 837. The summed E-state index contributed by atoms with van der Waals surface area (Å²) in [6, 6.07) is 10.2. The average molecular weight is 342 g/mol. The molecule has 2 amide bonds. The molecule has 0 unspecified atom stereocenters. The second-order valence-electron chi connectivity index (χ2n) is 5.87. The van der Waals surface area contributed by atoms with Crippen LogP contribution in [0.4, 0.5) is 10.1 Å². The monoisotopic (exact) mass is 342 g/mol. The van der Waals surface area contributed by atoms with Crippen LogP contribution in [0.15, 0.2) is 42.5 Å². The van der Waals surface area contributed by atoms with E-state index in [-0.39, 0.29) is 25.0 Å². The molecule has 0 aliphatic carbocycles. The lowest BCUT2D eigenvalue weighted by molar-refractivity contribution is -0.121. The Hall–Kier alpha value is -2.93. The minimum absolute atomic E-state index is 0.0702. The molecule has 0 spiro atoms. The van der Waals surface area contributed by atoms with E-state index in [0.29, 0.717) is 23.7 Å². The Morgan fingerprint density at radius 3 is 2.64 bits per heavy atom. The zero-order valence-corrected chi connectivity index (χ0v) is 13.2. The zero-order valence-electron chi connectivity index (χ0n) is 13.2. The van der Waals surface area contributed by atoms with Crippen molar-refractivity contribution in [3.8, 4) is 11.5 Å². The number of fused-ring (bicyclic) bond motifs is 1. The van der Waals surface area contributed by atoms with E-state index < -0.39 is 11.9 Å². The van der Waals surface area contributed by atoms with Crippen LogP contribution in [0, 0.1) is 5.82 Å². The van der Waals surface area contributed by atoms with Gasteiger partial charge in [0.15, 0.2) is 11.5 Å². The molecule has 2 aliphatic heterocycles. The van der Waals surface area contributed by atoms with Crippen molar-refractivity contribution in [1.29, 1.82) is 0 Å². The number of nitrogens with one attached hydrogen (secondary N) is 1. The number of hydrogen-bond acceptors (Lipinski definition) is 5. The molecule has 2 aromatic rings. The number of amides is 2. The van der Waals surface area contributed by atoms with E-state index in [1.54, 1.807) is 0 Å². The van der Waals surface area contributed by atoms with E-state index in [4.69, 9.17) is 9.47 Å². The van der Waals surface area contributed by atoms with Gasteiger partial charge in [0.2, 0.25) is 12.7 Å². The number of imide groups is 1. The molecular weight excluding hydrogens is 327 g/mol. The highest BCUT2D eigenvalue weighted by atomic mass is 19.1. The molecule has 0 bridgehead atoms. The fourth-order valence-electron chi connectivity index (χ4n) is 2.94. The predicted molar refractivity (Wildman–Crippen MR) is 86.7 cm³/mol. The molecule has 6 nitrogen and oxygen atoms in total. The Kier molecular flexibility index (Phi) is 3.85. The van der Waals surface area contributed by atoms with Crippen LogP contribution in [0.25, 0.3) is 0 Å². The normalized spacial score (nSPS) is 18.9. The molecule has 2 aliphatic rings. The first kappa shape index (κ1) is 15.6. The number of nitrogens with zero attached hydrogens (tertiary/aromatic N) is 1. The first-order valence-corrected chi connectivity index (χ1v) is 7.86. The van der Waals surface area contributed by atoms with Gasteiger partial charge in [-0.05, 0) is 42.0 Å². The molecule has 4 rings (SSSR count). The predicted octanol–water partition coefficient (Wildman–Crippen LogP) is 1.98. The molecule has 0 aromatic heterocycles. The Balaban J connectivity index is 1.44. The molecule has 2 aromatic carbocycles. The van der Waals surface area contributed by atoms with Crippen LogP contribution < -0.4 is 19.7 Å². The molecule has 1 N–H and O–H groups in total. The summed E-state index contributed by atoms with van der Waals surface area (Å²) in [5.74, 6) is 0.303. The topological polar surface area (TPSA) is 67.9 Å². The van der Waals surface area contributed by atoms with Gasteiger partial charge in [-0.3, -0.25) is 9.59 Å². The number of carbonyl (C=O) groups is 2. The van der Waals surface area contributed by atoms with Gasteiger partial charge in [0.1, 0.15) is 5.82 Å². The van der Waals surface area contributed by atoms with Gasteiger partial charge in [-0.25, -0.2) is 9.29 Å². The number of anilines is 1. The zero-order chi connectivity index (χ0) is 17.4. The molecule has 1 saturated heterocycles. The molecule has 2 heterocycles. The number of hydrogen-bond donors (Lipinski definition) is 1. The highest BCUT2D eigenvalue weighted by molar-refractivity contribution is 6.22. The highest BCUT2D eigenvalue weighted by Gasteiger charge is 2.39. The second-order valence-corrected chi connectivity index (χ2v) is 5.87. The summed E-state index contributed by atoms with van der Waals surface area (Å²) >= 11 is 0. The van der Waals surface area contributed by atoms with Crippen molar-refractivity contribution < 1.29 is 23.5 Å². The minimum Gasteiger partial charge on any atom is -0.454 e. The molecule has 7 heteroatoms. The van der Waals surface area contributed by atoms with Gasteiger partial charge in [-0.15, -0.1) is 0 Å². The maximum absolute atomic E-state index is 13.0. The van der Waals surface area contributed by atoms with Crippen molar-refractivity contribution in [3.05, 3.63) is 53.8 Å². The van der Waals surface area contributed by atoms with Gasteiger partial charge in [0.05, 0.1) is 18.2 Å². The molecule has 0 radical (unpaired) electrons. The number of benzene rings is 2. The number of ether oxygens (including phenoxy) is 2. The summed E-state index contributed by atoms with van der Waals surface area (Å²) in [6.07, 6.45) is 0.0702. The van der Waals surface area contributed by atoms with E-state index in [1.807, 2.05) is 18.2 Å². The minimum atomic E-state index is -0.608. The lowest BCUT2D eigenvalue weighted by Gasteiger charge is -2.15. The maximum Gasteiger partial charge on any atom is 0.251 e. The van der Waals surface area contributed by atoms with Crippen LogP contribution in [-0.2, 0) is 16.1 Å². The fraction of sp³-hybridized carbons (Fsp3) is 0.222. The van der Waals surface area contributed by atoms with Gasteiger partial charge in [-0.1, -0.05) is 6.07 Å². The smallest absolute Gasteiger partial charge is 0.251 e. The van der Waals surface area contributed by atoms with Crippen LogP contribution in [0.3, 0.4) is 0 Å². The Labute approximate surface area is 143 Å². The van der Waals surface area contributed by atoms with Gasteiger partial charge < -0.3 is 14.8 Å². The first-order valence-electron chi connectivity index (χ1n) is 7.86. The summed E-state index contributed by atoms with van der Waals surface area (Å²) in [6.45, 7) is 0.617. The Morgan fingerprint density at radius 1 is 1.08 bits per heavy atom. The van der Waals surface area contributed by atoms with Crippen molar-refractivity contribution in [2.75, 3.05) is 11.7 Å². The van der Waals surface area contributed by atoms with Gasteiger partial charge in [0.25, 0.3) is 5.91 Å². The number of rotatable bonds is 4. The Morgan fingerprint density at radius 2 is 1.84 bits per heavy atom. The number of carbonyl (C=O) groups excluding carboxylic acids is 2. The van der Waals surface area contributed by atoms with Crippen LogP contribution in [0.5, 0.6) is 11.5 Å². The molecule has 25 heavy (non-hydrogen) atoms. The molecule has 1 fully saturated rings. The molecular formula is C18H15FN2O4. The highest BCUT2D eigenvalue weighted by Crippen LogP contribution is 2.32. The SMILES string of the molecule is O=C1C[C@H](NCc2ccc3c(c2)OCO3)C(=O)N1c1ccc(F)cc1. The van der Waals surface area contributed by atoms with Crippen molar-refractivity contribution in [1.82, 2.24) is 5.32 Å². The maximum atomic E-state index is 13.0.